The second-order valence-corrected chi connectivity index (χ2v) is 4.58. The van der Waals surface area contributed by atoms with Gasteiger partial charge >= 0.3 is 0 Å². The van der Waals surface area contributed by atoms with Crippen LogP contribution in [-0.2, 0) is 6.42 Å². The standard InChI is InChI=1S/C14H20N4O/c1-15-13(19)12-5-3-4-11(10-12)6-7-16-14-17-8-9-18(14)2/h3-5,10H,6-9H2,1-2H3,(H,15,19)(H,16,17). The van der Waals surface area contributed by atoms with E-state index in [0.717, 1.165) is 37.6 Å². The highest BCUT2D eigenvalue weighted by molar-refractivity contribution is 5.94. The van der Waals surface area contributed by atoms with Gasteiger partial charge in [-0.05, 0) is 24.1 Å². The lowest BCUT2D eigenvalue weighted by molar-refractivity contribution is 0.0963. The van der Waals surface area contributed by atoms with Crippen molar-refractivity contribution in [1.82, 2.24) is 15.5 Å². The summed E-state index contributed by atoms with van der Waals surface area (Å²) in [5.41, 5.74) is 1.85. The van der Waals surface area contributed by atoms with Gasteiger partial charge in [0.05, 0.1) is 6.54 Å². The molecule has 5 heteroatoms. The number of guanidine groups is 1. The lowest BCUT2D eigenvalue weighted by Crippen LogP contribution is -2.36. The van der Waals surface area contributed by atoms with Gasteiger partial charge in [-0.1, -0.05) is 12.1 Å². The number of hydrogen-bond donors (Lipinski definition) is 2. The van der Waals surface area contributed by atoms with Gasteiger partial charge in [0.15, 0.2) is 5.96 Å². The van der Waals surface area contributed by atoms with Gasteiger partial charge in [-0.2, -0.15) is 0 Å². The van der Waals surface area contributed by atoms with Crippen molar-refractivity contribution in [3.05, 3.63) is 35.4 Å². The van der Waals surface area contributed by atoms with Crippen molar-refractivity contribution in [2.45, 2.75) is 6.42 Å². The van der Waals surface area contributed by atoms with Crippen LogP contribution in [0.15, 0.2) is 29.3 Å². The molecule has 2 rings (SSSR count). The van der Waals surface area contributed by atoms with Crippen molar-refractivity contribution in [2.24, 2.45) is 4.99 Å². The molecule has 0 saturated carbocycles. The first-order valence-electron chi connectivity index (χ1n) is 6.51. The Morgan fingerprint density at radius 1 is 1.47 bits per heavy atom. The van der Waals surface area contributed by atoms with Crippen molar-refractivity contribution in [2.75, 3.05) is 33.7 Å². The predicted octanol–water partition coefficient (Wildman–Crippen LogP) is 0.480. The molecule has 0 aromatic heterocycles. The molecular weight excluding hydrogens is 240 g/mol. The highest BCUT2D eigenvalue weighted by Crippen LogP contribution is 2.06. The van der Waals surface area contributed by atoms with Crippen LogP contribution in [0.3, 0.4) is 0 Å². The van der Waals surface area contributed by atoms with Crippen molar-refractivity contribution < 1.29 is 4.79 Å². The molecule has 19 heavy (non-hydrogen) atoms. The number of aliphatic imine (C=N–C) groups is 1. The first-order valence-corrected chi connectivity index (χ1v) is 6.51. The third kappa shape index (κ3) is 3.47. The summed E-state index contributed by atoms with van der Waals surface area (Å²) in [5, 5.41) is 5.95. The zero-order valence-electron chi connectivity index (χ0n) is 11.4. The van der Waals surface area contributed by atoms with E-state index in [-0.39, 0.29) is 5.91 Å². The van der Waals surface area contributed by atoms with Crippen LogP contribution < -0.4 is 10.6 Å². The Bertz CT molecular complexity index is 484. The third-order valence-electron chi connectivity index (χ3n) is 3.17. The first kappa shape index (κ1) is 13.4. The molecule has 0 bridgehead atoms. The largest absolute Gasteiger partial charge is 0.356 e. The lowest BCUT2D eigenvalue weighted by atomic mass is 10.1. The maximum absolute atomic E-state index is 11.5. The number of amides is 1. The molecule has 1 heterocycles. The topological polar surface area (TPSA) is 56.7 Å². The van der Waals surface area contributed by atoms with Gasteiger partial charge in [-0.15, -0.1) is 0 Å². The molecule has 0 saturated heterocycles. The average molecular weight is 260 g/mol. The fourth-order valence-corrected chi connectivity index (χ4v) is 2.05. The maximum Gasteiger partial charge on any atom is 0.251 e. The number of carbonyl (C=O) groups is 1. The fraction of sp³-hybridized carbons (Fsp3) is 0.429. The molecule has 1 aromatic carbocycles. The molecule has 2 N–H and O–H groups in total. The van der Waals surface area contributed by atoms with E-state index in [4.69, 9.17) is 0 Å². The lowest BCUT2D eigenvalue weighted by Gasteiger charge is -2.15. The van der Waals surface area contributed by atoms with Crippen LogP contribution in [0.1, 0.15) is 15.9 Å². The van der Waals surface area contributed by atoms with Crippen LogP contribution in [-0.4, -0.2) is 50.5 Å². The van der Waals surface area contributed by atoms with Gasteiger partial charge in [0.2, 0.25) is 0 Å². The minimum absolute atomic E-state index is 0.0466. The zero-order chi connectivity index (χ0) is 13.7. The normalized spacial score (nSPS) is 14.2. The Kier molecular flexibility index (Phi) is 4.39. The van der Waals surface area contributed by atoms with Crippen molar-refractivity contribution in [3.8, 4) is 0 Å². The van der Waals surface area contributed by atoms with Crippen LogP contribution in [0.5, 0.6) is 0 Å². The monoisotopic (exact) mass is 260 g/mol. The van der Waals surface area contributed by atoms with Crippen LogP contribution in [0.4, 0.5) is 0 Å². The van der Waals surface area contributed by atoms with Gasteiger partial charge in [-0.3, -0.25) is 9.79 Å². The number of nitrogens with one attached hydrogen (secondary N) is 2. The number of hydrogen-bond acceptors (Lipinski definition) is 4. The van der Waals surface area contributed by atoms with E-state index in [0.29, 0.717) is 5.56 Å². The van der Waals surface area contributed by atoms with E-state index in [1.54, 1.807) is 7.05 Å². The van der Waals surface area contributed by atoms with Crippen molar-refractivity contribution in [3.63, 3.8) is 0 Å². The molecule has 0 fully saturated rings. The summed E-state index contributed by atoms with van der Waals surface area (Å²) < 4.78 is 0. The minimum Gasteiger partial charge on any atom is -0.356 e. The van der Waals surface area contributed by atoms with Gasteiger partial charge in [0, 0.05) is 32.7 Å². The molecule has 0 aliphatic carbocycles. The zero-order valence-corrected chi connectivity index (χ0v) is 11.4. The van der Waals surface area contributed by atoms with E-state index in [2.05, 4.69) is 20.5 Å². The smallest absolute Gasteiger partial charge is 0.251 e. The summed E-state index contributed by atoms with van der Waals surface area (Å²) in [6.07, 6.45) is 0.873. The number of rotatable bonds is 4. The molecule has 0 atom stereocenters. The van der Waals surface area contributed by atoms with E-state index in [1.165, 1.54) is 0 Å². The van der Waals surface area contributed by atoms with Gasteiger partial charge in [0.25, 0.3) is 5.91 Å². The number of carbonyl (C=O) groups excluding carboxylic acids is 1. The molecule has 5 nitrogen and oxygen atoms in total. The summed E-state index contributed by atoms with van der Waals surface area (Å²) in [6, 6.07) is 7.71. The molecule has 1 aliphatic rings. The second kappa shape index (κ2) is 6.22. The summed E-state index contributed by atoms with van der Waals surface area (Å²) in [7, 11) is 3.68. The van der Waals surface area contributed by atoms with Crippen molar-refractivity contribution in [1.29, 1.82) is 0 Å². The van der Waals surface area contributed by atoms with E-state index in [1.807, 2.05) is 31.3 Å². The van der Waals surface area contributed by atoms with Gasteiger partial charge in [-0.25, -0.2) is 0 Å². The Hall–Kier alpha value is -2.04. The van der Waals surface area contributed by atoms with Crippen LogP contribution >= 0.6 is 0 Å². The highest BCUT2D eigenvalue weighted by atomic mass is 16.1. The quantitative estimate of drug-likeness (QED) is 0.828. The Morgan fingerprint density at radius 3 is 3.00 bits per heavy atom. The Morgan fingerprint density at radius 2 is 2.32 bits per heavy atom. The highest BCUT2D eigenvalue weighted by Gasteiger charge is 2.11. The maximum atomic E-state index is 11.5. The third-order valence-corrected chi connectivity index (χ3v) is 3.17. The predicted molar refractivity (Wildman–Crippen MR) is 76.5 cm³/mol. The summed E-state index contributed by atoms with van der Waals surface area (Å²) in [5.74, 6) is 0.914. The number of benzene rings is 1. The summed E-state index contributed by atoms with van der Waals surface area (Å²) in [6.45, 7) is 2.67. The Balaban J connectivity index is 1.87. The summed E-state index contributed by atoms with van der Waals surface area (Å²) >= 11 is 0. The van der Waals surface area contributed by atoms with Crippen molar-refractivity contribution >= 4 is 11.9 Å². The summed E-state index contributed by atoms with van der Waals surface area (Å²) in [4.78, 5) is 18.0. The second-order valence-electron chi connectivity index (χ2n) is 4.58. The molecule has 1 amide bonds. The molecule has 0 unspecified atom stereocenters. The van der Waals surface area contributed by atoms with Crippen LogP contribution in [0.2, 0.25) is 0 Å². The average Bonchev–Trinajstić information content (AvgIpc) is 2.84. The van der Waals surface area contributed by atoms with Crippen LogP contribution in [0, 0.1) is 0 Å². The van der Waals surface area contributed by atoms with Crippen LogP contribution in [0.25, 0.3) is 0 Å². The number of likely N-dealkylation sites (N-methyl/N-ethyl adjacent to an activating group) is 1. The number of nitrogens with zero attached hydrogens (tertiary/aromatic N) is 2. The SMILES string of the molecule is CNC(=O)c1cccc(CCNC2=NCCN2C)c1. The first-order chi connectivity index (χ1) is 9.20. The minimum atomic E-state index is -0.0466. The molecule has 1 aliphatic heterocycles. The Labute approximate surface area is 113 Å². The molecular formula is C14H20N4O. The fourth-order valence-electron chi connectivity index (χ4n) is 2.05. The van der Waals surface area contributed by atoms with E-state index >= 15 is 0 Å². The van der Waals surface area contributed by atoms with E-state index < -0.39 is 0 Å². The van der Waals surface area contributed by atoms with Gasteiger partial charge in [0.1, 0.15) is 0 Å². The van der Waals surface area contributed by atoms with Gasteiger partial charge < -0.3 is 15.5 Å². The van der Waals surface area contributed by atoms with E-state index in [9.17, 15) is 4.79 Å². The molecule has 0 spiro atoms. The molecule has 102 valence electrons. The molecule has 1 aromatic rings. The molecule has 0 radical (unpaired) electrons.